The van der Waals surface area contributed by atoms with Gasteiger partial charge in [-0.3, -0.25) is 14.3 Å². The van der Waals surface area contributed by atoms with Crippen LogP contribution in [0, 0.1) is 5.82 Å². The molecule has 8 heteroatoms. The summed E-state index contributed by atoms with van der Waals surface area (Å²) in [6, 6.07) is 12.1. The number of imidazole rings is 1. The van der Waals surface area contributed by atoms with E-state index in [1.165, 1.54) is 12.1 Å². The fourth-order valence-electron chi connectivity index (χ4n) is 3.92. The van der Waals surface area contributed by atoms with E-state index in [2.05, 4.69) is 14.9 Å². The number of rotatable bonds is 3. The van der Waals surface area contributed by atoms with Crippen molar-refractivity contribution in [3.63, 3.8) is 0 Å². The van der Waals surface area contributed by atoms with Crippen molar-refractivity contribution < 1.29 is 9.18 Å². The Hall–Kier alpha value is -3.81. The minimum Gasteiger partial charge on any atom is -0.353 e. The van der Waals surface area contributed by atoms with Gasteiger partial charge in [0.05, 0.1) is 17.2 Å². The van der Waals surface area contributed by atoms with Crippen molar-refractivity contribution >= 4 is 22.8 Å². The van der Waals surface area contributed by atoms with Gasteiger partial charge in [0.15, 0.2) is 0 Å². The molecular formula is C23H21FN6O. The van der Waals surface area contributed by atoms with Crippen LogP contribution in [0.5, 0.6) is 0 Å². The first-order valence-corrected chi connectivity index (χ1v) is 10.2. The quantitative estimate of drug-likeness (QED) is 0.513. The lowest BCUT2D eigenvalue weighted by molar-refractivity contribution is -0.129. The number of fused-ring (bicyclic) bond motifs is 1. The van der Waals surface area contributed by atoms with Gasteiger partial charge in [0.25, 0.3) is 0 Å². The van der Waals surface area contributed by atoms with Crippen LogP contribution in [-0.4, -0.2) is 56.5 Å². The molecule has 1 saturated heterocycles. The first-order valence-electron chi connectivity index (χ1n) is 10.2. The number of benzene rings is 1. The maximum absolute atomic E-state index is 13.5. The molecule has 0 radical (unpaired) electrons. The van der Waals surface area contributed by atoms with Gasteiger partial charge >= 0.3 is 0 Å². The Balaban J connectivity index is 1.49. The Morgan fingerprint density at radius 2 is 1.74 bits per heavy atom. The average molecular weight is 416 g/mol. The zero-order valence-electron chi connectivity index (χ0n) is 17.1. The molecule has 0 atom stereocenters. The van der Waals surface area contributed by atoms with E-state index in [0.29, 0.717) is 13.1 Å². The van der Waals surface area contributed by atoms with Crippen molar-refractivity contribution in [2.45, 2.75) is 6.92 Å². The summed E-state index contributed by atoms with van der Waals surface area (Å²) in [5.74, 6) is 1.41. The number of hydrogen-bond acceptors (Lipinski definition) is 5. The Morgan fingerprint density at radius 3 is 2.42 bits per heavy atom. The average Bonchev–Trinajstić information content (AvgIpc) is 3.19. The Morgan fingerprint density at radius 1 is 0.968 bits per heavy atom. The lowest BCUT2D eigenvalue weighted by Crippen LogP contribution is -2.48. The van der Waals surface area contributed by atoms with E-state index in [0.717, 1.165) is 47.0 Å². The lowest BCUT2D eigenvalue weighted by atomic mass is 10.2. The smallest absolute Gasteiger partial charge is 0.219 e. The van der Waals surface area contributed by atoms with Crippen LogP contribution in [0.2, 0.25) is 0 Å². The summed E-state index contributed by atoms with van der Waals surface area (Å²) in [5.41, 5.74) is 3.30. The first kappa shape index (κ1) is 19.2. The van der Waals surface area contributed by atoms with Crippen molar-refractivity contribution in [2.75, 3.05) is 31.1 Å². The number of hydrogen-bond donors (Lipinski definition) is 0. The molecule has 1 amide bonds. The van der Waals surface area contributed by atoms with Gasteiger partial charge in [-0.15, -0.1) is 0 Å². The van der Waals surface area contributed by atoms with Gasteiger partial charge < -0.3 is 9.80 Å². The third kappa shape index (κ3) is 3.61. The van der Waals surface area contributed by atoms with Crippen molar-refractivity contribution in [3.05, 3.63) is 66.9 Å². The molecule has 1 aromatic carbocycles. The number of carbonyl (C=O) groups is 1. The maximum Gasteiger partial charge on any atom is 0.219 e. The molecule has 7 nitrogen and oxygen atoms in total. The molecule has 0 saturated carbocycles. The number of anilines is 1. The minimum absolute atomic E-state index is 0.108. The number of nitrogens with zero attached hydrogens (tertiary/aromatic N) is 6. The molecule has 1 aliphatic rings. The molecule has 1 fully saturated rings. The first-order chi connectivity index (χ1) is 15.1. The normalized spacial score (nSPS) is 14.3. The molecular weight excluding hydrogens is 395 g/mol. The number of pyridine rings is 2. The monoisotopic (exact) mass is 416 g/mol. The second-order valence-electron chi connectivity index (χ2n) is 7.51. The molecule has 1 aliphatic heterocycles. The van der Waals surface area contributed by atoms with Gasteiger partial charge in [0.2, 0.25) is 5.91 Å². The van der Waals surface area contributed by atoms with Crippen molar-refractivity contribution in [1.82, 2.24) is 24.4 Å². The lowest BCUT2D eigenvalue weighted by Gasteiger charge is -2.34. The zero-order valence-corrected chi connectivity index (χ0v) is 17.1. The molecule has 0 unspecified atom stereocenters. The van der Waals surface area contributed by atoms with E-state index in [4.69, 9.17) is 4.98 Å². The second-order valence-corrected chi connectivity index (χ2v) is 7.51. The van der Waals surface area contributed by atoms with Crippen LogP contribution in [-0.2, 0) is 4.79 Å². The number of amides is 1. The fraction of sp³-hybridized carbons (Fsp3) is 0.217. The highest BCUT2D eigenvalue weighted by Gasteiger charge is 2.20. The highest BCUT2D eigenvalue weighted by Crippen LogP contribution is 2.29. The molecule has 0 aliphatic carbocycles. The van der Waals surface area contributed by atoms with Crippen LogP contribution in [0.4, 0.5) is 10.2 Å². The van der Waals surface area contributed by atoms with Crippen molar-refractivity contribution in [1.29, 1.82) is 0 Å². The minimum atomic E-state index is -0.288. The predicted octanol–water partition coefficient (Wildman–Crippen LogP) is 3.29. The van der Waals surface area contributed by atoms with Gasteiger partial charge in [-0.2, -0.15) is 0 Å². The summed E-state index contributed by atoms with van der Waals surface area (Å²) >= 11 is 0. The van der Waals surface area contributed by atoms with E-state index in [1.807, 2.05) is 27.7 Å². The largest absolute Gasteiger partial charge is 0.353 e. The van der Waals surface area contributed by atoms with Gasteiger partial charge in [-0.25, -0.2) is 14.4 Å². The predicted molar refractivity (Wildman–Crippen MR) is 117 cm³/mol. The van der Waals surface area contributed by atoms with E-state index >= 15 is 0 Å². The van der Waals surface area contributed by atoms with Crippen LogP contribution in [0.15, 0.2) is 61.1 Å². The Kier molecular flexibility index (Phi) is 4.82. The molecule has 4 heterocycles. The molecule has 0 N–H and O–H groups in total. The second kappa shape index (κ2) is 7.79. The van der Waals surface area contributed by atoms with E-state index in [-0.39, 0.29) is 11.7 Å². The maximum atomic E-state index is 13.5. The third-order valence-electron chi connectivity index (χ3n) is 5.60. The number of piperazine rings is 1. The van der Waals surface area contributed by atoms with E-state index in [1.54, 1.807) is 37.6 Å². The third-order valence-corrected chi connectivity index (χ3v) is 5.60. The fourth-order valence-corrected chi connectivity index (χ4v) is 3.92. The van der Waals surface area contributed by atoms with Crippen molar-refractivity contribution in [2.24, 2.45) is 0 Å². The van der Waals surface area contributed by atoms with Crippen LogP contribution in [0.3, 0.4) is 0 Å². The summed E-state index contributed by atoms with van der Waals surface area (Å²) in [7, 11) is 0. The molecule has 0 spiro atoms. The van der Waals surface area contributed by atoms with Gasteiger partial charge in [-0.05, 0) is 42.5 Å². The van der Waals surface area contributed by atoms with Gasteiger partial charge in [-0.1, -0.05) is 0 Å². The highest BCUT2D eigenvalue weighted by molar-refractivity contribution is 5.82. The molecule has 0 bridgehead atoms. The van der Waals surface area contributed by atoms with Crippen LogP contribution in [0.25, 0.3) is 28.1 Å². The molecule has 5 rings (SSSR count). The molecule has 4 aromatic rings. The summed E-state index contributed by atoms with van der Waals surface area (Å²) in [5, 5.41) is 0. The summed E-state index contributed by atoms with van der Waals surface area (Å²) in [4.78, 5) is 29.2. The summed E-state index contributed by atoms with van der Waals surface area (Å²) in [6.07, 6.45) is 5.27. The summed E-state index contributed by atoms with van der Waals surface area (Å²) in [6.45, 7) is 4.51. The molecule has 156 valence electrons. The number of aromatic nitrogens is 4. The van der Waals surface area contributed by atoms with E-state index < -0.39 is 0 Å². The van der Waals surface area contributed by atoms with Crippen LogP contribution < -0.4 is 4.90 Å². The molecule has 3 aromatic heterocycles. The zero-order chi connectivity index (χ0) is 21.4. The van der Waals surface area contributed by atoms with Crippen molar-refractivity contribution in [3.8, 4) is 17.1 Å². The summed E-state index contributed by atoms with van der Waals surface area (Å²) < 4.78 is 15.4. The highest BCUT2D eigenvalue weighted by atomic mass is 19.1. The van der Waals surface area contributed by atoms with Crippen LogP contribution in [0.1, 0.15) is 6.92 Å². The Bertz CT molecular complexity index is 1230. The van der Waals surface area contributed by atoms with Gasteiger partial charge in [0, 0.05) is 56.7 Å². The number of carbonyl (C=O) groups excluding carboxylic acids is 1. The molecule has 31 heavy (non-hydrogen) atoms. The SMILES string of the molecule is CC(=O)N1CCN(c2ccc(-c3nc4ccncc4n3-c3ccc(F)cc3)cn2)CC1. The number of halogens is 1. The standard InChI is InChI=1S/C23H21FN6O/c1-16(31)28-10-12-29(13-11-28)22-7-2-17(14-26-22)23-27-20-8-9-25-15-21(20)30(23)19-5-3-18(24)4-6-19/h2-9,14-15H,10-13H2,1H3. The van der Waals surface area contributed by atoms with Gasteiger partial charge in [0.1, 0.15) is 17.5 Å². The topological polar surface area (TPSA) is 67.2 Å². The van der Waals surface area contributed by atoms with E-state index in [9.17, 15) is 9.18 Å². The van der Waals surface area contributed by atoms with Crippen LogP contribution >= 0.6 is 0 Å². The Labute approximate surface area is 178 Å².